The van der Waals surface area contributed by atoms with E-state index in [1.807, 2.05) is 39.0 Å². The van der Waals surface area contributed by atoms with E-state index in [9.17, 15) is 28.8 Å². The molecule has 1 aromatic carbocycles. The van der Waals surface area contributed by atoms with Crippen molar-refractivity contribution in [2.24, 2.45) is 35.5 Å². The summed E-state index contributed by atoms with van der Waals surface area (Å²) in [6, 6.07) is 5.33. The minimum atomic E-state index is -0.608. The monoisotopic (exact) mass is 1020 g/mol. The third-order valence-corrected chi connectivity index (χ3v) is 18.4. The second-order valence-corrected chi connectivity index (χ2v) is 22.9. The third kappa shape index (κ3) is 13.4. The number of likely N-dealkylation sites (tertiary alicyclic amines) is 2. The Morgan fingerprint density at radius 2 is 1.28 bits per heavy atom. The normalized spacial score (nSPS) is 28.5. The molecule has 0 aromatic heterocycles. The van der Waals surface area contributed by atoms with Gasteiger partial charge in [-0.05, 0) is 131 Å². The van der Waals surface area contributed by atoms with Crippen LogP contribution in [0.25, 0.3) is 0 Å². The fourth-order valence-electron chi connectivity index (χ4n) is 13.8. The number of benzene rings is 1. The number of ether oxygens (including phenoxy) is 2. The maximum Gasteiger partial charge on any atom is 0.246 e. The highest BCUT2D eigenvalue weighted by molar-refractivity contribution is 5.94. The highest BCUT2D eigenvalue weighted by Gasteiger charge is 2.48. The number of Topliss-reactive ketones (excluding diaryl/α,β-unsaturated/α-hetero) is 1. The molecular weight excluding hydrogens is 933 g/mol. The highest BCUT2D eigenvalue weighted by atomic mass is 16.5. The first-order valence-corrected chi connectivity index (χ1v) is 29.0. The maximum absolute atomic E-state index is 14.4. The lowest BCUT2D eigenvalue weighted by Gasteiger charge is -2.36. The summed E-state index contributed by atoms with van der Waals surface area (Å²) in [5.74, 6) is 11.8. The lowest BCUT2D eigenvalue weighted by Crippen LogP contribution is -2.58. The molecule has 404 valence electrons. The zero-order chi connectivity index (χ0) is 52.1. The predicted molar refractivity (Wildman–Crippen MR) is 284 cm³/mol. The molecular formula is C60H86N6O8. The number of fused-ring (bicyclic) bond motifs is 2. The molecule has 2 unspecified atom stereocenters. The van der Waals surface area contributed by atoms with Crippen LogP contribution < -0.4 is 21.3 Å². The summed E-state index contributed by atoms with van der Waals surface area (Å²) >= 11 is 0. The first-order chi connectivity index (χ1) is 36.0. The molecule has 4 saturated carbocycles. The SMILES string of the molecule is CC[C@@H](C)C(=O)N[C@H](C(=O)N1CCC[C@H]1C(=O)N[C@H]1C2CCCCC2C[C@H]1OCC#CC#CCO[C@@H]1Cc2ccccc2[C@@H]1NC(=O)[C@@H]1CCCN1C(=O)[C@@H](CC(=O)[C@H](C)NC)C1CCCCC1)C1CCCCC1. The van der Waals surface area contributed by atoms with E-state index in [1.54, 1.807) is 16.8 Å². The van der Waals surface area contributed by atoms with Crippen LogP contribution in [-0.2, 0) is 44.7 Å². The van der Waals surface area contributed by atoms with E-state index in [1.165, 1.54) is 6.42 Å². The van der Waals surface area contributed by atoms with Gasteiger partial charge in [-0.15, -0.1) is 0 Å². The first kappa shape index (κ1) is 55.5. The number of carbonyl (C=O) groups excluding carboxylic acids is 6. The fraction of sp³-hybridized carbons (Fsp3) is 0.733. The Morgan fingerprint density at radius 3 is 1.95 bits per heavy atom. The van der Waals surface area contributed by atoms with Gasteiger partial charge in [-0.3, -0.25) is 28.8 Å². The molecule has 6 fully saturated rings. The highest BCUT2D eigenvalue weighted by Crippen LogP contribution is 2.44. The van der Waals surface area contributed by atoms with E-state index in [-0.39, 0.29) is 97.0 Å². The Morgan fingerprint density at radius 1 is 0.689 bits per heavy atom. The lowest BCUT2D eigenvalue weighted by molar-refractivity contribution is -0.145. The van der Waals surface area contributed by atoms with E-state index in [0.29, 0.717) is 50.6 Å². The van der Waals surface area contributed by atoms with E-state index in [4.69, 9.17) is 9.47 Å². The van der Waals surface area contributed by atoms with Crippen LogP contribution in [0.3, 0.4) is 0 Å². The van der Waals surface area contributed by atoms with Crippen LogP contribution in [0, 0.1) is 59.2 Å². The van der Waals surface area contributed by atoms with E-state index in [2.05, 4.69) is 51.0 Å². The van der Waals surface area contributed by atoms with E-state index in [0.717, 1.165) is 114 Å². The minimum Gasteiger partial charge on any atom is -0.363 e. The molecule has 0 radical (unpaired) electrons. The number of nitrogens with zero attached hydrogens (tertiary/aromatic N) is 2. The van der Waals surface area contributed by atoms with Crippen LogP contribution in [-0.4, -0.2) is 121 Å². The van der Waals surface area contributed by atoms with Gasteiger partial charge >= 0.3 is 0 Å². The number of rotatable bonds is 19. The number of ketones is 1. The van der Waals surface area contributed by atoms with Crippen LogP contribution >= 0.6 is 0 Å². The molecule has 0 bridgehead atoms. The Hall–Kier alpha value is -4.76. The lowest BCUT2D eigenvalue weighted by atomic mass is 9.76. The quantitative estimate of drug-likeness (QED) is 0.110. The minimum absolute atomic E-state index is 0.0340. The zero-order valence-corrected chi connectivity index (χ0v) is 44.9. The molecule has 7 aliphatic rings. The molecule has 2 aliphatic heterocycles. The molecule has 14 nitrogen and oxygen atoms in total. The number of hydrogen-bond acceptors (Lipinski definition) is 9. The van der Waals surface area contributed by atoms with Crippen molar-refractivity contribution in [3.63, 3.8) is 0 Å². The molecule has 12 atom stereocenters. The Bertz CT molecular complexity index is 2250. The van der Waals surface area contributed by atoms with Gasteiger partial charge in [-0.25, -0.2) is 0 Å². The average molecular weight is 1020 g/mol. The van der Waals surface area contributed by atoms with Crippen LogP contribution in [0.1, 0.15) is 173 Å². The van der Waals surface area contributed by atoms with Gasteiger partial charge in [-0.1, -0.05) is 108 Å². The van der Waals surface area contributed by atoms with Crippen LogP contribution in [0.15, 0.2) is 24.3 Å². The van der Waals surface area contributed by atoms with Gasteiger partial charge in [0, 0.05) is 37.8 Å². The molecule has 5 aliphatic carbocycles. The summed E-state index contributed by atoms with van der Waals surface area (Å²) in [5.41, 5.74) is 2.10. The Labute approximate surface area is 441 Å². The van der Waals surface area contributed by atoms with Gasteiger partial charge in [-0.2, -0.15) is 0 Å². The average Bonchev–Trinajstić information content (AvgIpc) is 4.26. The standard InChI is InChI=1S/C60H86N6O8/c1-5-39(2)56(68)62-53(42-24-12-9-13-25-42)60(72)66-33-21-31-49(66)58(70)64-55-46-29-17-15-27-44(46)37-52(55)74-35-19-7-6-18-34-73-51-36-43-26-14-16-28-45(43)54(51)63-57(69)48-30-20-32-65(48)59(71)47(38-50(67)40(3)61-4)41-22-10-8-11-23-41/h14,16,26,28,39-42,44,46-49,51-55,61H,5,8-13,15,17,20-25,27,29-38H2,1-4H3,(H,62,68)(H,63,69)(H,64,70)/t39-,40+,44?,46?,47+,48+,49+,51-,52-,53+,54+,55+/m1/s1. The molecule has 5 amide bonds. The molecule has 74 heavy (non-hydrogen) atoms. The van der Waals surface area contributed by atoms with Crippen molar-refractivity contribution < 1.29 is 38.2 Å². The van der Waals surface area contributed by atoms with Crippen molar-refractivity contribution in [3.05, 3.63) is 35.4 Å². The number of likely N-dealkylation sites (N-methyl/N-ethyl adjacent to an activating group) is 1. The van der Waals surface area contributed by atoms with Crippen molar-refractivity contribution in [2.45, 2.75) is 210 Å². The molecule has 4 N–H and O–H groups in total. The van der Waals surface area contributed by atoms with Gasteiger partial charge in [0.25, 0.3) is 0 Å². The third-order valence-electron chi connectivity index (χ3n) is 18.4. The van der Waals surface area contributed by atoms with Crippen molar-refractivity contribution >= 4 is 35.3 Å². The number of carbonyl (C=O) groups is 6. The zero-order valence-electron chi connectivity index (χ0n) is 44.9. The molecule has 14 heteroatoms. The van der Waals surface area contributed by atoms with Crippen LogP contribution in [0.2, 0.25) is 0 Å². The van der Waals surface area contributed by atoms with Gasteiger partial charge in [0.05, 0.1) is 30.3 Å². The van der Waals surface area contributed by atoms with Crippen LogP contribution in [0.4, 0.5) is 0 Å². The van der Waals surface area contributed by atoms with Gasteiger partial charge in [0.2, 0.25) is 29.5 Å². The summed E-state index contributed by atoms with van der Waals surface area (Å²) in [6.45, 7) is 7.02. The topological polar surface area (TPSA) is 175 Å². The Balaban J connectivity index is 0.853. The smallest absolute Gasteiger partial charge is 0.246 e. The molecule has 2 heterocycles. The van der Waals surface area contributed by atoms with Gasteiger partial charge in [0.15, 0.2) is 0 Å². The summed E-state index contributed by atoms with van der Waals surface area (Å²) in [6.07, 6.45) is 19.0. The summed E-state index contributed by atoms with van der Waals surface area (Å²) < 4.78 is 12.8. The molecule has 8 rings (SSSR count). The fourth-order valence-corrected chi connectivity index (χ4v) is 13.8. The largest absolute Gasteiger partial charge is 0.363 e. The van der Waals surface area contributed by atoms with Crippen molar-refractivity contribution in [1.82, 2.24) is 31.1 Å². The van der Waals surface area contributed by atoms with Gasteiger partial charge in [0.1, 0.15) is 37.1 Å². The first-order valence-electron chi connectivity index (χ1n) is 29.0. The van der Waals surface area contributed by atoms with Crippen molar-refractivity contribution in [3.8, 4) is 23.7 Å². The van der Waals surface area contributed by atoms with Crippen LogP contribution in [0.5, 0.6) is 0 Å². The van der Waals surface area contributed by atoms with Crippen molar-refractivity contribution in [2.75, 3.05) is 33.4 Å². The second-order valence-electron chi connectivity index (χ2n) is 22.9. The van der Waals surface area contributed by atoms with Gasteiger partial charge < -0.3 is 40.5 Å². The maximum atomic E-state index is 14.4. The van der Waals surface area contributed by atoms with Crippen molar-refractivity contribution in [1.29, 1.82) is 0 Å². The molecule has 0 spiro atoms. The van der Waals surface area contributed by atoms with E-state index < -0.39 is 30.1 Å². The van der Waals surface area contributed by atoms with E-state index >= 15 is 0 Å². The Kier molecular flexibility index (Phi) is 20.1. The summed E-state index contributed by atoms with van der Waals surface area (Å²) in [5, 5.41) is 12.9. The molecule has 2 saturated heterocycles. The summed E-state index contributed by atoms with van der Waals surface area (Å²) in [4.78, 5) is 87.2. The number of hydrogen-bond donors (Lipinski definition) is 4. The molecule has 1 aromatic rings. The second kappa shape index (κ2) is 26.8. The predicted octanol–water partition coefficient (Wildman–Crippen LogP) is 6.73. The number of amides is 5. The summed E-state index contributed by atoms with van der Waals surface area (Å²) in [7, 11) is 1.77. The number of nitrogens with one attached hydrogen (secondary N) is 4.